The van der Waals surface area contributed by atoms with E-state index in [-0.39, 0.29) is 29.6 Å². The maximum atomic E-state index is 11.8. The summed E-state index contributed by atoms with van der Waals surface area (Å²) in [7, 11) is 0. The Hall–Kier alpha value is -2.04. The van der Waals surface area contributed by atoms with E-state index < -0.39 is 0 Å². The molecule has 0 aliphatic heterocycles. The molecule has 5 nitrogen and oxygen atoms in total. The van der Waals surface area contributed by atoms with E-state index >= 15 is 0 Å². The number of nitrogens with one attached hydrogen (secondary N) is 2. The zero-order valence-corrected chi connectivity index (χ0v) is 11.7. The molecule has 1 aromatic carbocycles. The minimum absolute atomic E-state index is 0.0618. The number of benzene rings is 1. The van der Waals surface area contributed by atoms with E-state index in [4.69, 9.17) is 0 Å². The third-order valence-corrected chi connectivity index (χ3v) is 2.40. The van der Waals surface area contributed by atoms with Crippen molar-refractivity contribution in [2.75, 3.05) is 6.54 Å². The Bertz CT molecular complexity index is 490. The van der Waals surface area contributed by atoms with Crippen molar-refractivity contribution in [3.8, 4) is 5.75 Å². The lowest BCUT2D eigenvalue weighted by molar-refractivity contribution is -0.121. The maximum absolute atomic E-state index is 11.8. The van der Waals surface area contributed by atoms with E-state index in [2.05, 4.69) is 10.6 Å². The number of phenolic OH excluding ortho intramolecular Hbond substituents is 1. The molecule has 0 fully saturated rings. The molecular formula is C14H20N2O3. The van der Waals surface area contributed by atoms with Gasteiger partial charge in [0.1, 0.15) is 5.75 Å². The monoisotopic (exact) mass is 264 g/mol. The first-order chi connectivity index (χ1) is 8.69. The molecule has 19 heavy (non-hydrogen) atoms. The molecule has 0 aliphatic rings. The van der Waals surface area contributed by atoms with Crippen LogP contribution in [0.2, 0.25) is 0 Å². The van der Waals surface area contributed by atoms with Crippen LogP contribution in [-0.4, -0.2) is 29.0 Å². The Kier molecular flexibility index (Phi) is 4.53. The van der Waals surface area contributed by atoms with Gasteiger partial charge in [0.15, 0.2) is 0 Å². The van der Waals surface area contributed by atoms with Crippen molar-refractivity contribution in [2.45, 2.75) is 33.2 Å². The number of rotatable bonds is 3. The highest BCUT2D eigenvalue weighted by atomic mass is 16.3. The van der Waals surface area contributed by atoms with Gasteiger partial charge in [-0.2, -0.15) is 0 Å². The fourth-order valence-electron chi connectivity index (χ4n) is 1.48. The van der Waals surface area contributed by atoms with Crippen LogP contribution >= 0.6 is 0 Å². The van der Waals surface area contributed by atoms with Crippen LogP contribution < -0.4 is 10.6 Å². The average Bonchev–Trinajstić information content (AvgIpc) is 2.27. The molecule has 0 bridgehead atoms. The Balaban J connectivity index is 2.56. The third kappa shape index (κ3) is 4.99. The summed E-state index contributed by atoms with van der Waals surface area (Å²) in [5, 5.41) is 14.8. The first-order valence-electron chi connectivity index (χ1n) is 6.08. The predicted molar refractivity (Wildman–Crippen MR) is 73.1 cm³/mol. The molecule has 0 saturated carbocycles. The quantitative estimate of drug-likeness (QED) is 0.771. The molecule has 104 valence electrons. The molecule has 0 radical (unpaired) electrons. The molecule has 0 aromatic heterocycles. The summed E-state index contributed by atoms with van der Waals surface area (Å²) in [5.41, 5.74) is 0.693. The smallest absolute Gasteiger partial charge is 0.251 e. The fourth-order valence-corrected chi connectivity index (χ4v) is 1.48. The Morgan fingerprint density at radius 1 is 1.26 bits per heavy atom. The van der Waals surface area contributed by atoms with Crippen molar-refractivity contribution in [3.05, 3.63) is 29.3 Å². The highest BCUT2D eigenvalue weighted by Crippen LogP contribution is 2.17. The second-order valence-electron chi connectivity index (χ2n) is 5.48. The van der Waals surface area contributed by atoms with Crippen molar-refractivity contribution < 1.29 is 14.7 Å². The van der Waals surface area contributed by atoms with Crippen molar-refractivity contribution in [1.29, 1.82) is 0 Å². The number of hydrogen-bond acceptors (Lipinski definition) is 3. The van der Waals surface area contributed by atoms with Crippen LogP contribution in [0.3, 0.4) is 0 Å². The lowest BCUT2D eigenvalue weighted by Crippen LogP contribution is -2.45. The number of aromatic hydroxyl groups is 1. The van der Waals surface area contributed by atoms with Crippen molar-refractivity contribution in [1.82, 2.24) is 10.6 Å². The molecule has 1 aromatic rings. The van der Waals surface area contributed by atoms with Crippen LogP contribution in [-0.2, 0) is 4.79 Å². The van der Waals surface area contributed by atoms with Gasteiger partial charge in [-0.05, 0) is 45.4 Å². The van der Waals surface area contributed by atoms with Gasteiger partial charge in [-0.25, -0.2) is 0 Å². The lowest BCUT2D eigenvalue weighted by Gasteiger charge is -2.20. The molecule has 0 unspecified atom stereocenters. The molecule has 0 aliphatic carbocycles. The Labute approximate surface area is 113 Å². The van der Waals surface area contributed by atoms with Gasteiger partial charge in [0.25, 0.3) is 5.91 Å². The summed E-state index contributed by atoms with van der Waals surface area (Å²) >= 11 is 0. The number of aryl methyl sites for hydroxylation is 1. The summed E-state index contributed by atoms with van der Waals surface area (Å²) in [5.74, 6) is -0.580. The molecule has 5 heteroatoms. The van der Waals surface area contributed by atoms with Gasteiger partial charge in [-0.3, -0.25) is 9.59 Å². The second kappa shape index (κ2) is 5.73. The average molecular weight is 264 g/mol. The van der Waals surface area contributed by atoms with Gasteiger partial charge >= 0.3 is 0 Å². The summed E-state index contributed by atoms with van der Waals surface area (Å²) in [6.45, 7) is 7.25. The van der Waals surface area contributed by atoms with Gasteiger partial charge in [-0.1, -0.05) is 6.07 Å². The second-order valence-corrected chi connectivity index (χ2v) is 5.48. The number of carbonyl (C=O) groups is 2. The number of amides is 2. The Morgan fingerprint density at radius 3 is 2.42 bits per heavy atom. The van der Waals surface area contributed by atoms with Crippen LogP contribution in [0.15, 0.2) is 18.2 Å². The largest absolute Gasteiger partial charge is 0.508 e. The molecule has 2 amide bonds. The van der Waals surface area contributed by atoms with Crippen LogP contribution in [0.5, 0.6) is 5.75 Å². The van der Waals surface area contributed by atoms with Crippen molar-refractivity contribution >= 4 is 11.8 Å². The van der Waals surface area contributed by atoms with Gasteiger partial charge in [-0.15, -0.1) is 0 Å². The molecule has 1 rings (SSSR count). The minimum atomic E-state index is -0.389. The fraction of sp³-hybridized carbons (Fsp3) is 0.429. The molecule has 0 atom stereocenters. The molecular weight excluding hydrogens is 244 g/mol. The van der Waals surface area contributed by atoms with Gasteiger partial charge < -0.3 is 15.7 Å². The Morgan fingerprint density at radius 2 is 1.89 bits per heavy atom. The predicted octanol–water partition coefficient (Wildman–Crippen LogP) is 1.35. The summed E-state index contributed by atoms with van der Waals surface area (Å²) < 4.78 is 0. The molecule has 0 heterocycles. The zero-order valence-electron chi connectivity index (χ0n) is 11.7. The highest BCUT2D eigenvalue weighted by molar-refractivity contribution is 5.96. The lowest BCUT2D eigenvalue weighted by atomic mass is 10.1. The van der Waals surface area contributed by atoms with Crippen molar-refractivity contribution in [2.24, 2.45) is 0 Å². The van der Waals surface area contributed by atoms with E-state index in [0.29, 0.717) is 11.1 Å². The van der Waals surface area contributed by atoms with Gasteiger partial charge in [0, 0.05) is 11.1 Å². The van der Waals surface area contributed by atoms with Crippen LogP contribution in [0.4, 0.5) is 0 Å². The van der Waals surface area contributed by atoms with E-state index in [1.807, 2.05) is 20.8 Å². The summed E-state index contributed by atoms with van der Waals surface area (Å²) in [6.07, 6.45) is 0. The van der Waals surface area contributed by atoms with Gasteiger partial charge in [0.05, 0.1) is 6.54 Å². The maximum Gasteiger partial charge on any atom is 0.251 e. The first-order valence-corrected chi connectivity index (χ1v) is 6.08. The third-order valence-electron chi connectivity index (χ3n) is 2.40. The van der Waals surface area contributed by atoms with Crippen molar-refractivity contribution in [3.63, 3.8) is 0 Å². The molecule has 3 N–H and O–H groups in total. The molecule has 0 spiro atoms. The van der Waals surface area contributed by atoms with E-state index in [0.717, 1.165) is 0 Å². The van der Waals surface area contributed by atoms with Gasteiger partial charge in [0.2, 0.25) is 5.91 Å². The number of carbonyl (C=O) groups excluding carboxylic acids is 2. The number of phenols is 1. The topological polar surface area (TPSA) is 78.4 Å². The van der Waals surface area contributed by atoms with Crippen LogP contribution in [0.25, 0.3) is 0 Å². The zero-order chi connectivity index (χ0) is 14.6. The van der Waals surface area contributed by atoms with E-state index in [1.165, 1.54) is 6.07 Å². The molecule has 0 saturated heterocycles. The van der Waals surface area contributed by atoms with Crippen LogP contribution in [0, 0.1) is 6.92 Å². The van der Waals surface area contributed by atoms with Crippen LogP contribution in [0.1, 0.15) is 36.7 Å². The van der Waals surface area contributed by atoms with E-state index in [9.17, 15) is 14.7 Å². The highest BCUT2D eigenvalue weighted by Gasteiger charge is 2.15. The summed E-state index contributed by atoms with van der Waals surface area (Å²) in [6, 6.07) is 4.64. The normalized spacial score (nSPS) is 10.9. The first kappa shape index (κ1) is 15.0. The minimum Gasteiger partial charge on any atom is -0.508 e. The van der Waals surface area contributed by atoms with E-state index in [1.54, 1.807) is 19.1 Å². The SMILES string of the molecule is Cc1ccc(C(=O)NCC(=O)NC(C)(C)C)cc1O. The summed E-state index contributed by atoms with van der Waals surface area (Å²) in [4.78, 5) is 23.3. The number of hydrogen-bond donors (Lipinski definition) is 3. The standard InChI is InChI=1S/C14H20N2O3/c1-9-5-6-10(7-11(9)17)13(19)15-8-12(18)16-14(2,3)4/h5-7,17H,8H2,1-4H3,(H,15,19)(H,16,18).